The second-order valence-electron chi connectivity index (χ2n) is 3.61. The molecule has 2 heteroatoms. The normalized spacial score (nSPS) is 20.8. The molecule has 1 aliphatic carbocycles. The first-order chi connectivity index (χ1) is 5.69. The molecule has 0 aliphatic heterocycles. The van der Waals surface area contributed by atoms with Gasteiger partial charge in [0.25, 0.3) is 0 Å². The van der Waals surface area contributed by atoms with E-state index in [0.29, 0.717) is 6.42 Å². The number of carbonyl (C=O) groups is 1. The topological polar surface area (TPSA) is 43.1 Å². The van der Waals surface area contributed by atoms with E-state index in [0.717, 1.165) is 32.1 Å². The minimum atomic E-state index is -0.483. The molecule has 0 unspecified atom stereocenters. The second kappa shape index (κ2) is 3.85. The van der Waals surface area contributed by atoms with E-state index in [9.17, 15) is 4.79 Å². The van der Waals surface area contributed by atoms with Gasteiger partial charge in [-0.3, -0.25) is 4.79 Å². The number of allylic oxidation sites excluding steroid dienone is 1. The van der Waals surface area contributed by atoms with Crippen molar-refractivity contribution in [2.45, 2.75) is 44.1 Å². The van der Waals surface area contributed by atoms with E-state index < -0.39 is 5.54 Å². The van der Waals surface area contributed by atoms with Gasteiger partial charge < -0.3 is 5.73 Å². The minimum Gasteiger partial charge on any atom is -0.319 e. The molecule has 1 fully saturated rings. The van der Waals surface area contributed by atoms with Crippen molar-refractivity contribution in [2.24, 2.45) is 5.73 Å². The zero-order chi connectivity index (χ0) is 9.03. The van der Waals surface area contributed by atoms with Gasteiger partial charge in [0.05, 0.1) is 5.54 Å². The molecule has 0 saturated heterocycles. The summed E-state index contributed by atoms with van der Waals surface area (Å²) in [5, 5.41) is 0. The zero-order valence-corrected chi connectivity index (χ0v) is 7.51. The Kier molecular flexibility index (Phi) is 3.04. The van der Waals surface area contributed by atoms with Gasteiger partial charge in [0.1, 0.15) is 0 Å². The summed E-state index contributed by atoms with van der Waals surface area (Å²) < 4.78 is 0. The van der Waals surface area contributed by atoms with E-state index in [-0.39, 0.29) is 5.78 Å². The average Bonchev–Trinajstić information content (AvgIpc) is 2.49. The first-order valence-electron chi connectivity index (χ1n) is 4.62. The standard InChI is InChI=1S/C10H17NO/c1-2-3-6-9(12)10(11)7-4-5-8-10/h2H,1,3-8,11H2. The van der Waals surface area contributed by atoms with Gasteiger partial charge in [-0.15, -0.1) is 6.58 Å². The molecule has 0 amide bonds. The van der Waals surface area contributed by atoms with Crippen LogP contribution in [0.1, 0.15) is 38.5 Å². The summed E-state index contributed by atoms with van der Waals surface area (Å²) in [6, 6.07) is 0. The Morgan fingerprint density at radius 1 is 1.50 bits per heavy atom. The maximum Gasteiger partial charge on any atom is 0.152 e. The molecule has 0 radical (unpaired) electrons. The Bertz CT molecular complexity index is 180. The highest BCUT2D eigenvalue weighted by Gasteiger charge is 2.35. The van der Waals surface area contributed by atoms with Crippen LogP contribution in [0.3, 0.4) is 0 Å². The van der Waals surface area contributed by atoms with Gasteiger partial charge in [0, 0.05) is 6.42 Å². The lowest BCUT2D eigenvalue weighted by molar-refractivity contribution is -0.123. The number of rotatable bonds is 4. The van der Waals surface area contributed by atoms with Crippen LogP contribution in [0.2, 0.25) is 0 Å². The first kappa shape index (κ1) is 9.46. The lowest BCUT2D eigenvalue weighted by atomic mass is 9.91. The number of hydrogen-bond donors (Lipinski definition) is 1. The Hall–Kier alpha value is -0.630. The maximum absolute atomic E-state index is 11.6. The molecule has 68 valence electrons. The molecule has 0 bridgehead atoms. The van der Waals surface area contributed by atoms with Crippen LogP contribution in [0, 0.1) is 0 Å². The van der Waals surface area contributed by atoms with E-state index >= 15 is 0 Å². The maximum atomic E-state index is 11.6. The van der Waals surface area contributed by atoms with Crippen LogP contribution in [-0.2, 0) is 4.79 Å². The van der Waals surface area contributed by atoms with Gasteiger partial charge in [-0.25, -0.2) is 0 Å². The van der Waals surface area contributed by atoms with Crippen LogP contribution < -0.4 is 5.73 Å². The number of Topliss-reactive ketones (excluding diaryl/α,β-unsaturated/α-hetero) is 1. The Morgan fingerprint density at radius 3 is 2.58 bits per heavy atom. The van der Waals surface area contributed by atoms with E-state index in [2.05, 4.69) is 6.58 Å². The highest BCUT2D eigenvalue weighted by molar-refractivity contribution is 5.88. The Labute approximate surface area is 73.8 Å². The summed E-state index contributed by atoms with van der Waals surface area (Å²) in [6.45, 7) is 3.59. The molecular formula is C10H17NO. The van der Waals surface area contributed by atoms with E-state index in [1.165, 1.54) is 0 Å². The van der Waals surface area contributed by atoms with Crippen molar-refractivity contribution in [1.29, 1.82) is 0 Å². The summed E-state index contributed by atoms with van der Waals surface area (Å²) in [6.07, 6.45) is 7.08. The van der Waals surface area contributed by atoms with Crippen molar-refractivity contribution in [3.8, 4) is 0 Å². The van der Waals surface area contributed by atoms with Crippen LogP contribution in [0.5, 0.6) is 0 Å². The second-order valence-corrected chi connectivity index (χ2v) is 3.61. The number of hydrogen-bond acceptors (Lipinski definition) is 2. The van der Waals surface area contributed by atoms with Crippen molar-refractivity contribution in [2.75, 3.05) is 0 Å². The molecule has 0 aromatic rings. The molecule has 0 spiro atoms. The van der Waals surface area contributed by atoms with E-state index in [1.807, 2.05) is 0 Å². The summed E-state index contributed by atoms with van der Waals surface area (Å²) in [5.74, 6) is 0.222. The van der Waals surface area contributed by atoms with Gasteiger partial charge in [-0.2, -0.15) is 0 Å². The molecule has 1 saturated carbocycles. The van der Waals surface area contributed by atoms with Crippen LogP contribution in [0.4, 0.5) is 0 Å². The third-order valence-electron chi connectivity index (χ3n) is 2.63. The third kappa shape index (κ3) is 1.95. The lowest BCUT2D eigenvalue weighted by Gasteiger charge is -2.21. The molecular weight excluding hydrogens is 150 g/mol. The first-order valence-corrected chi connectivity index (χ1v) is 4.62. The Morgan fingerprint density at radius 2 is 2.08 bits per heavy atom. The van der Waals surface area contributed by atoms with Crippen molar-refractivity contribution in [3.05, 3.63) is 12.7 Å². The highest BCUT2D eigenvalue weighted by Crippen LogP contribution is 2.29. The molecule has 0 aromatic carbocycles. The van der Waals surface area contributed by atoms with Crippen molar-refractivity contribution in [3.63, 3.8) is 0 Å². The van der Waals surface area contributed by atoms with Gasteiger partial charge in [-0.05, 0) is 19.3 Å². The lowest BCUT2D eigenvalue weighted by Crippen LogP contribution is -2.44. The predicted molar refractivity (Wildman–Crippen MR) is 49.8 cm³/mol. The summed E-state index contributed by atoms with van der Waals surface area (Å²) in [4.78, 5) is 11.6. The number of carbonyl (C=O) groups excluding carboxylic acids is 1. The average molecular weight is 167 g/mol. The molecule has 0 aromatic heterocycles. The van der Waals surface area contributed by atoms with E-state index in [4.69, 9.17) is 5.73 Å². The summed E-state index contributed by atoms with van der Waals surface area (Å²) >= 11 is 0. The van der Waals surface area contributed by atoms with E-state index in [1.54, 1.807) is 6.08 Å². The fourth-order valence-corrected chi connectivity index (χ4v) is 1.77. The Balaban J connectivity index is 2.44. The molecule has 2 nitrogen and oxygen atoms in total. The van der Waals surface area contributed by atoms with Crippen molar-refractivity contribution < 1.29 is 4.79 Å². The fourth-order valence-electron chi connectivity index (χ4n) is 1.77. The molecule has 0 atom stereocenters. The fraction of sp³-hybridized carbons (Fsp3) is 0.700. The smallest absolute Gasteiger partial charge is 0.152 e. The van der Waals surface area contributed by atoms with Crippen LogP contribution in [0.15, 0.2) is 12.7 Å². The molecule has 1 aliphatic rings. The molecule has 12 heavy (non-hydrogen) atoms. The number of nitrogens with two attached hydrogens (primary N) is 1. The third-order valence-corrected chi connectivity index (χ3v) is 2.63. The van der Waals surface area contributed by atoms with Crippen LogP contribution >= 0.6 is 0 Å². The van der Waals surface area contributed by atoms with Crippen LogP contribution in [0.25, 0.3) is 0 Å². The number of ketones is 1. The largest absolute Gasteiger partial charge is 0.319 e. The van der Waals surface area contributed by atoms with Gasteiger partial charge >= 0.3 is 0 Å². The van der Waals surface area contributed by atoms with Crippen LogP contribution in [-0.4, -0.2) is 11.3 Å². The monoisotopic (exact) mass is 167 g/mol. The summed E-state index contributed by atoms with van der Waals surface area (Å²) in [7, 11) is 0. The quantitative estimate of drug-likeness (QED) is 0.649. The SMILES string of the molecule is C=CCCC(=O)C1(N)CCCC1. The highest BCUT2D eigenvalue weighted by atomic mass is 16.1. The minimum absolute atomic E-state index is 0.222. The summed E-state index contributed by atoms with van der Waals surface area (Å²) in [5.41, 5.74) is 5.48. The molecule has 2 N–H and O–H groups in total. The molecule has 1 rings (SSSR count). The van der Waals surface area contributed by atoms with Gasteiger partial charge in [-0.1, -0.05) is 18.9 Å². The van der Waals surface area contributed by atoms with Crippen molar-refractivity contribution in [1.82, 2.24) is 0 Å². The van der Waals surface area contributed by atoms with Gasteiger partial charge in [0.15, 0.2) is 5.78 Å². The predicted octanol–water partition coefficient (Wildman–Crippen LogP) is 1.79. The zero-order valence-electron chi connectivity index (χ0n) is 7.51. The van der Waals surface area contributed by atoms with Gasteiger partial charge in [0.2, 0.25) is 0 Å². The molecule has 0 heterocycles. The van der Waals surface area contributed by atoms with Crippen molar-refractivity contribution >= 4 is 5.78 Å².